The number of carbonyl (C=O) groups excluding carboxylic acids is 3. The van der Waals surface area contributed by atoms with Crippen LogP contribution in [0.15, 0.2) is 36.5 Å². The molecule has 0 spiro atoms. The maximum atomic E-state index is 13.1. The van der Waals surface area contributed by atoms with Gasteiger partial charge in [-0.05, 0) is 77.0 Å². The second kappa shape index (κ2) is 47.9. The van der Waals surface area contributed by atoms with Gasteiger partial charge in [0.15, 0.2) is 24.6 Å². The monoisotopic (exact) mass is 1000 g/mol. The third-order valence-electron chi connectivity index (χ3n) is 13.2. The Balaban J connectivity index is 2.64. The summed E-state index contributed by atoms with van der Waals surface area (Å²) < 4.78 is 28.3. The molecule has 1 heterocycles. The molecule has 0 amide bonds. The van der Waals surface area contributed by atoms with Gasteiger partial charge in [-0.1, -0.05) is 205 Å². The van der Waals surface area contributed by atoms with Crippen LogP contribution in [0.25, 0.3) is 0 Å². The van der Waals surface area contributed by atoms with Gasteiger partial charge in [0.1, 0.15) is 18.8 Å². The lowest BCUT2D eigenvalue weighted by molar-refractivity contribution is -0.301. The van der Waals surface area contributed by atoms with E-state index in [0.717, 1.165) is 89.9 Å². The van der Waals surface area contributed by atoms with Gasteiger partial charge in [-0.2, -0.15) is 0 Å². The van der Waals surface area contributed by atoms with E-state index in [1.54, 1.807) is 0 Å². The highest BCUT2D eigenvalue weighted by Gasteiger charge is 2.50. The van der Waals surface area contributed by atoms with Crippen LogP contribution in [0.4, 0.5) is 0 Å². The highest BCUT2D eigenvalue weighted by Crippen LogP contribution is 2.26. The Hall–Kier alpha value is -3.06. The van der Waals surface area contributed by atoms with Crippen molar-refractivity contribution in [3.63, 3.8) is 0 Å². The van der Waals surface area contributed by atoms with Crippen molar-refractivity contribution < 1.29 is 58.2 Å². The van der Waals surface area contributed by atoms with Crippen LogP contribution >= 0.6 is 0 Å². The molecule has 6 atom stereocenters. The Labute approximate surface area is 431 Å². The van der Waals surface area contributed by atoms with Crippen LogP contribution in [0.5, 0.6) is 0 Å². The van der Waals surface area contributed by atoms with E-state index in [-0.39, 0.29) is 25.9 Å². The van der Waals surface area contributed by atoms with E-state index in [4.69, 9.17) is 23.7 Å². The molecule has 412 valence electrons. The Kier molecular flexibility index (Phi) is 44.5. The third kappa shape index (κ3) is 38.2. The molecular formula is C59H104O12. The van der Waals surface area contributed by atoms with Gasteiger partial charge in [0.05, 0.1) is 6.61 Å². The predicted molar refractivity (Wildman–Crippen MR) is 285 cm³/mol. The SMILES string of the molecule is CCCCC/C=C\C/C=C\CCCCCCCCCCCC(=O)OCC(COC1OC(C(=O)O)C(O)C(O)C1OC(=O)CCCCCCC/C=C\CCCCCC)OC(=O)CCCCCCCCCCC. The molecule has 71 heavy (non-hydrogen) atoms. The molecule has 0 aromatic rings. The molecule has 12 nitrogen and oxygen atoms in total. The zero-order valence-electron chi connectivity index (χ0n) is 45.2. The number of carboxylic acid groups (broad SMARTS) is 1. The number of aliphatic carboxylic acids is 1. The van der Waals surface area contributed by atoms with Crippen molar-refractivity contribution in [3.05, 3.63) is 36.5 Å². The third-order valence-corrected chi connectivity index (χ3v) is 13.2. The Bertz CT molecular complexity index is 1380. The number of allylic oxidation sites excluding steroid dienone is 6. The van der Waals surface area contributed by atoms with Gasteiger partial charge >= 0.3 is 23.9 Å². The number of aliphatic hydroxyl groups is 2. The van der Waals surface area contributed by atoms with Crippen LogP contribution < -0.4 is 0 Å². The van der Waals surface area contributed by atoms with E-state index < -0.39 is 67.3 Å². The number of unbranched alkanes of at least 4 members (excludes halogenated alkanes) is 29. The molecule has 0 aliphatic carbocycles. The largest absolute Gasteiger partial charge is 0.479 e. The first-order valence-corrected chi connectivity index (χ1v) is 29.0. The van der Waals surface area contributed by atoms with Crippen molar-refractivity contribution in [3.8, 4) is 0 Å². The van der Waals surface area contributed by atoms with Gasteiger partial charge in [0.2, 0.25) is 0 Å². The van der Waals surface area contributed by atoms with Crippen LogP contribution in [-0.4, -0.2) is 89.2 Å². The van der Waals surface area contributed by atoms with Crippen molar-refractivity contribution in [1.82, 2.24) is 0 Å². The number of hydrogen-bond acceptors (Lipinski definition) is 11. The number of rotatable bonds is 49. The van der Waals surface area contributed by atoms with Crippen LogP contribution in [0, 0.1) is 0 Å². The summed E-state index contributed by atoms with van der Waals surface area (Å²) in [4.78, 5) is 50.9. The quantitative estimate of drug-likeness (QED) is 0.0228. The Morgan fingerprint density at radius 3 is 1.32 bits per heavy atom. The van der Waals surface area contributed by atoms with Crippen molar-refractivity contribution in [1.29, 1.82) is 0 Å². The summed E-state index contributed by atoms with van der Waals surface area (Å²) in [5.41, 5.74) is 0. The smallest absolute Gasteiger partial charge is 0.335 e. The average molecular weight is 1010 g/mol. The summed E-state index contributed by atoms with van der Waals surface area (Å²) >= 11 is 0. The number of carboxylic acids is 1. The van der Waals surface area contributed by atoms with Gasteiger partial charge in [-0.15, -0.1) is 0 Å². The molecule has 12 heteroatoms. The Morgan fingerprint density at radius 1 is 0.465 bits per heavy atom. The van der Waals surface area contributed by atoms with E-state index in [2.05, 4.69) is 57.2 Å². The van der Waals surface area contributed by atoms with Gasteiger partial charge in [0.25, 0.3) is 0 Å². The van der Waals surface area contributed by atoms with Crippen LogP contribution in [0.1, 0.15) is 265 Å². The molecule has 1 aliphatic heterocycles. The molecule has 0 radical (unpaired) electrons. The number of aliphatic hydroxyl groups excluding tert-OH is 2. The van der Waals surface area contributed by atoms with Crippen LogP contribution in [0.2, 0.25) is 0 Å². The van der Waals surface area contributed by atoms with E-state index in [1.165, 1.54) is 116 Å². The van der Waals surface area contributed by atoms with E-state index in [1.807, 2.05) is 0 Å². The molecule has 6 unspecified atom stereocenters. The summed E-state index contributed by atoms with van der Waals surface area (Å²) in [5.74, 6) is -3.12. The summed E-state index contributed by atoms with van der Waals surface area (Å²) in [6, 6.07) is 0. The van der Waals surface area contributed by atoms with Gasteiger partial charge in [0, 0.05) is 19.3 Å². The molecule has 0 aromatic carbocycles. The van der Waals surface area contributed by atoms with E-state index in [0.29, 0.717) is 19.3 Å². The maximum Gasteiger partial charge on any atom is 0.335 e. The summed E-state index contributed by atoms with van der Waals surface area (Å²) in [6.45, 7) is 5.92. The van der Waals surface area contributed by atoms with Crippen molar-refractivity contribution in [2.24, 2.45) is 0 Å². The number of hydrogen-bond donors (Lipinski definition) is 3. The first-order chi connectivity index (χ1) is 34.6. The summed E-state index contributed by atoms with van der Waals surface area (Å²) in [6.07, 6.45) is 42.7. The van der Waals surface area contributed by atoms with Crippen LogP contribution in [0.3, 0.4) is 0 Å². The minimum absolute atomic E-state index is 0.0529. The number of ether oxygens (including phenoxy) is 5. The lowest BCUT2D eigenvalue weighted by Crippen LogP contribution is -2.61. The zero-order valence-corrected chi connectivity index (χ0v) is 45.2. The number of carbonyl (C=O) groups is 4. The zero-order chi connectivity index (χ0) is 51.8. The minimum Gasteiger partial charge on any atom is -0.479 e. The fourth-order valence-corrected chi connectivity index (χ4v) is 8.69. The molecule has 0 bridgehead atoms. The van der Waals surface area contributed by atoms with Gasteiger partial charge in [-0.3, -0.25) is 14.4 Å². The van der Waals surface area contributed by atoms with E-state index >= 15 is 0 Å². The topological polar surface area (TPSA) is 175 Å². The molecule has 1 fully saturated rings. The van der Waals surface area contributed by atoms with Crippen molar-refractivity contribution >= 4 is 23.9 Å². The molecule has 0 aromatic heterocycles. The minimum atomic E-state index is -1.90. The molecule has 1 aliphatic rings. The summed E-state index contributed by atoms with van der Waals surface area (Å²) in [5, 5.41) is 31.4. The average Bonchev–Trinajstić information content (AvgIpc) is 3.35. The number of esters is 3. The highest BCUT2D eigenvalue weighted by atomic mass is 16.7. The predicted octanol–water partition coefficient (Wildman–Crippen LogP) is 14.5. The lowest BCUT2D eigenvalue weighted by atomic mass is 9.98. The molecule has 0 saturated carbocycles. The lowest BCUT2D eigenvalue weighted by Gasteiger charge is -2.40. The second-order valence-corrected chi connectivity index (χ2v) is 19.9. The van der Waals surface area contributed by atoms with Crippen molar-refractivity contribution in [2.75, 3.05) is 13.2 Å². The van der Waals surface area contributed by atoms with E-state index in [9.17, 15) is 34.5 Å². The highest BCUT2D eigenvalue weighted by molar-refractivity contribution is 5.74. The fourth-order valence-electron chi connectivity index (χ4n) is 8.69. The maximum absolute atomic E-state index is 13.1. The van der Waals surface area contributed by atoms with Crippen LogP contribution in [-0.2, 0) is 42.9 Å². The Morgan fingerprint density at radius 2 is 0.845 bits per heavy atom. The first-order valence-electron chi connectivity index (χ1n) is 29.0. The molecular weight excluding hydrogens is 901 g/mol. The second-order valence-electron chi connectivity index (χ2n) is 19.9. The van der Waals surface area contributed by atoms with Gasteiger partial charge in [-0.25, -0.2) is 4.79 Å². The standard InChI is InChI=1S/C59H104O12/c1-4-7-10-13-16-19-21-23-24-25-26-27-28-30-31-34-36-39-42-45-51(60)67-48-50(69-52(61)46-43-40-37-33-18-15-12-9-6-3)49-68-59-57(55(64)54(63)56(71-59)58(65)66)70-53(62)47-44-41-38-35-32-29-22-20-17-14-11-8-5-2/h16,19-20,22-24,50,54-57,59,63-64H,4-15,17-18,21,25-49H2,1-3H3,(H,65,66)/b19-16-,22-20-,24-23-. The molecule has 1 rings (SSSR count). The molecule has 3 N–H and O–H groups in total. The molecule has 1 saturated heterocycles. The summed E-state index contributed by atoms with van der Waals surface area (Å²) in [7, 11) is 0. The normalized spacial score (nSPS) is 18.7. The van der Waals surface area contributed by atoms with Crippen molar-refractivity contribution in [2.45, 2.75) is 302 Å². The first kappa shape index (κ1) is 66.0. The fraction of sp³-hybridized carbons (Fsp3) is 0.831. The van der Waals surface area contributed by atoms with Gasteiger partial charge < -0.3 is 39.0 Å².